The molecule has 1 unspecified atom stereocenters. The molecule has 2 rings (SSSR count). The van der Waals surface area contributed by atoms with Gasteiger partial charge in [0.05, 0.1) is 4.47 Å². The fourth-order valence-corrected chi connectivity index (χ4v) is 2.82. The summed E-state index contributed by atoms with van der Waals surface area (Å²) in [6.07, 6.45) is 1.68. The van der Waals surface area contributed by atoms with Gasteiger partial charge in [-0.1, -0.05) is 36.4 Å². The summed E-state index contributed by atoms with van der Waals surface area (Å²) >= 11 is 3.14. The first-order valence-corrected chi connectivity index (χ1v) is 7.27. The Hall–Kier alpha value is -1.26. The summed E-state index contributed by atoms with van der Waals surface area (Å²) in [5.74, 6) is -1.67. The minimum atomic E-state index is -0.835. The van der Waals surface area contributed by atoms with E-state index in [0.29, 0.717) is 0 Å². The predicted molar refractivity (Wildman–Crippen MR) is 80.6 cm³/mol. The molecular weight excluding hydrogens is 324 g/mol. The fourth-order valence-electron chi connectivity index (χ4n) is 2.22. The Labute approximate surface area is 126 Å². The van der Waals surface area contributed by atoms with Gasteiger partial charge < -0.3 is 5.32 Å². The summed E-state index contributed by atoms with van der Waals surface area (Å²) in [7, 11) is 1.82. The highest BCUT2D eigenvalue weighted by Crippen LogP contribution is 2.30. The second-order valence-corrected chi connectivity index (χ2v) is 5.42. The molecule has 2 aromatic carbocycles. The largest absolute Gasteiger partial charge is 0.313 e. The first-order valence-electron chi connectivity index (χ1n) is 6.48. The minimum absolute atomic E-state index is 0.0281. The van der Waals surface area contributed by atoms with Crippen molar-refractivity contribution in [1.82, 2.24) is 5.32 Å². The molecule has 0 amide bonds. The van der Waals surface area contributed by atoms with Gasteiger partial charge in [0.1, 0.15) is 0 Å². The lowest BCUT2D eigenvalue weighted by molar-refractivity contribution is 0.491. The number of halogens is 3. The van der Waals surface area contributed by atoms with Gasteiger partial charge in [-0.05, 0) is 53.0 Å². The van der Waals surface area contributed by atoms with Gasteiger partial charge in [-0.15, -0.1) is 0 Å². The van der Waals surface area contributed by atoms with Crippen molar-refractivity contribution in [2.24, 2.45) is 0 Å². The molecule has 0 bridgehead atoms. The van der Waals surface area contributed by atoms with Gasteiger partial charge >= 0.3 is 0 Å². The Morgan fingerprint density at radius 2 is 1.80 bits per heavy atom. The lowest BCUT2D eigenvalue weighted by Gasteiger charge is -2.18. The van der Waals surface area contributed by atoms with Crippen molar-refractivity contribution in [3.8, 4) is 0 Å². The van der Waals surface area contributed by atoms with Crippen molar-refractivity contribution in [3.05, 3.63) is 69.7 Å². The molecule has 1 atom stereocenters. The average Bonchev–Trinajstić information content (AvgIpc) is 2.48. The van der Waals surface area contributed by atoms with Crippen LogP contribution in [0.3, 0.4) is 0 Å². The molecule has 0 saturated carbocycles. The van der Waals surface area contributed by atoms with E-state index in [1.807, 2.05) is 25.2 Å². The van der Waals surface area contributed by atoms with E-state index in [1.165, 1.54) is 11.6 Å². The normalized spacial score (nSPS) is 12.4. The van der Waals surface area contributed by atoms with Crippen LogP contribution in [0.25, 0.3) is 0 Å². The van der Waals surface area contributed by atoms with Gasteiger partial charge in [-0.3, -0.25) is 0 Å². The molecule has 0 fully saturated rings. The molecular formula is C16H16BrF2N. The molecule has 2 aromatic rings. The molecule has 1 N–H and O–H groups in total. The second-order valence-electron chi connectivity index (χ2n) is 4.63. The zero-order valence-corrected chi connectivity index (χ0v) is 12.8. The maximum absolute atomic E-state index is 13.6. The third kappa shape index (κ3) is 3.44. The Morgan fingerprint density at radius 3 is 2.45 bits per heavy atom. The molecule has 0 aromatic heterocycles. The van der Waals surface area contributed by atoms with Gasteiger partial charge in [-0.2, -0.15) is 0 Å². The van der Waals surface area contributed by atoms with Crippen LogP contribution in [0, 0.1) is 11.6 Å². The van der Waals surface area contributed by atoms with Crippen molar-refractivity contribution >= 4 is 15.9 Å². The van der Waals surface area contributed by atoms with E-state index in [9.17, 15) is 8.78 Å². The van der Waals surface area contributed by atoms with Gasteiger partial charge in [-0.25, -0.2) is 8.78 Å². The lowest BCUT2D eigenvalue weighted by atomic mass is 9.99. The van der Waals surface area contributed by atoms with Crippen molar-refractivity contribution in [2.75, 3.05) is 7.05 Å². The zero-order chi connectivity index (χ0) is 14.5. The van der Waals surface area contributed by atoms with Crippen LogP contribution in [0.5, 0.6) is 0 Å². The van der Waals surface area contributed by atoms with E-state index in [0.717, 1.165) is 18.4 Å². The predicted octanol–water partition coefficient (Wildman–Crippen LogP) is 4.62. The van der Waals surface area contributed by atoms with E-state index in [1.54, 1.807) is 6.07 Å². The Balaban J connectivity index is 2.15. The minimum Gasteiger partial charge on any atom is -0.313 e. The Bertz CT molecular complexity index is 572. The molecule has 4 heteroatoms. The smallest absolute Gasteiger partial charge is 0.173 e. The maximum atomic E-state index is 13.6. The van der Waals surface area contributed by atoms with Crippen molar-refractivity contribution in [2.45, 2.75) is 18.9 Å². The third-order valence-corrected chi connectivity index (χ3v) is 4.16. The molecule has 0 aliphatic heterocycles. The van der Waals surface area contributed by atoms with Gasteiger partial charge in [0, 0.05) is 6.04 Å². The average molecular weight is 340 g/mol. The summed E-state index contributed by atoms with van der Waals surface area (Å²) in [5.41, 5.74) is 1.97. The fraction of sp³-hybridized carbons (Fsp3) is 0.250. The monoisotopic (exact) mass is 339 g/mol. The summed E-state index contributed by atoms with van der Waals surface area (Å²) < 4.78 is 27.0. The molecule has 0 saturated heterocycles. The zero-order valence-electron chi connectivity index (χ0n) is 11.2. The number of nitrogens with one attached hydrogen (secondary N) is 1. The van der Waals surface area contributed by atoms with Crippen LogP contribution in [0.15, 0.2) is 46.9 Å². The number of hydrogen-bond acceptors (Lipinski definition) is 1. The van der Waals surface area contributed by atoms with Crippen LogP contribution in [0.4, 0.5) is 8.78 Å². The number of benzene rings is 2. The second kappa shape index (κ2) is 6.95. The van der Waals surface area contributed by atoms with E-state index < -0.39 is 11.6 Å². The van der Waals surface area contributed by atoms with Crippen LogP contribution in [-0.4, -0.2) is 7.05 Å². The molecule has 106 valence electrons. The molecule has 0 radical (unpaired) electrons. The molecule has 0 spiro atoms. The lowest BCUT2D eigenvalue weighted by Crippen LogP contribution is -2.18. The highest BCUT2D eigenvalue weighted by atomic mass is 79.9. The molecule has 0 heterocycles. The molecule has 0 aliphatic carbocycles. The van der Waals surface area contributed by atoms with Crippen molar-refractivity contribution < 1.29 is 8.78 Å². The maximum Gasteiger partial charge on any atom is 0.173 e. The highest BCUT2D eigenvalue weighted by Gasteiger charge is 2.17. The van der Waals surface area contributed by atoms with Crippen LogP contribution >= 0.6 is 15.9 Å². The van der Waals surface area contributed by atoms with Gasteiger partial charge in [0.15, 0.2) is 11.6 Å². The van der Waals surface area contributed by atoms with Gasteiger partial charge in [0.25, 0.3) is 0 Å². The molecule has 20 heavy (non-hydrogen) atoms. The summed E-state index contributed by atoms with van der Waals surface area (Å²) in [6.45, 7) is 0. The molecule has 1 nitrogen and oxygen atoms in total. The van der Waals surface area contributed by atoms with Crippen molar-refractivity contribution in [3.63, 3.8) is 0 Å². The third-order valence-electron chi connectivity index (χ3n) is 3.35. The SMILES string of the molecule is CNC(CCc1ccccc1)c1ccc(F)c(F)c1Br. The highest BCUT2D eigenvalue weighted by molar-refractivity contribution is 9.10. The molecule has 0 aliphatic rings. The van der Waals surface area contributed by atoms with E-state index in [4.69, 9.17) is 0 Å². The van der Waals surface area contributed by atoms with Gasteiger partial charge in [0.2, 0.25) is 0 Å². The van der Waals surface area contributed by atoms with Crippen molar-refractivity contribution in [1.29, 1.82) is 0 Å². The van der Waals surface area contributed by atoms with Crippen LogP contribution in [-0.2, 0) is 6.42 Å². The topological polar surface area (TPSA) is 12.0 Å². The first-order chi connectivity index (χ1) is 9.63. The Morgan fingerprint density at radius 1 is 1.10 bits per heavy atom. The van der Waals surface area contributed by atoms with E-state index in [2.05, 4.69) is 33.4 Å². The number of hydrogen-bond donors (Lipinski definition) is 1. The van der Waals surface area contributed by atoms with Crippen LogP contribution in [0.2, 0.25) is 0 Å². The van der Waals surface area contributed by atoms with E-state index >= 15 is 0 Å². The van der Waals surface area contributed by atoms with E-state index in [-0.39, 0.29) is 10.5 Å². The van der Waals surface area contributed by atoms with Crippen LogP contribution in [0.1, 0.15) is 23.6 Å². The quantitative estimate of drug-likeness (QED) is 0.783. The summed E-state index contributed by atoms with van der Waals surface area (Å²) in [5, 5.41) is 3.16. The standard InChI is InChI=1S/C16H16BrF2N/c1-20-14(10-7-11-5-3-2-4-6-11)12-8-9-13(18)16(19)15(12)17/h2-6,8-9,14,20H,7,10H2,1H3. The summed E-state index contributed by atoms with van der Waals surface area (Å²) in [4.78, 5) is 0. The Kier molecular flexibility index (Phi) is 5.26. The first kappa shape index (κ1) is 15.1. The number of aryl methyl sites for hydroxylation is 1. The number of rotatable bonds is 5. The summed E-state index contributed by atoms with van der Waals surface area (Å²) in [6, 6.07) is 12.9. The van der Waals surface area contributed by atoms with Crippen LogP contribution < -0.4 is 5.32 Å².